The molecule has 0 aromatic carbocycles. The number of unbranched alkanes of at least 4 members (excludes halogenated alkanes) is 5. The van der Waals surface area contributed by atoms with Gasteiger partial charge in [0.2, 0.25) is 0 Å². The summed E-state index contributed by atoms with van der Waals surface area (Å²) < 4.78 is 4.81. The van der Waals surface area contributed by atoms with Gasteiger partial charge in [0.05, 0.1) is 6.61 Å². The number of ketones is 1. The summed E-state index contributed by atoms with van der Waals surface area (Å²) in [5.74, 6) is 0.00329. The second kappa shape index (κ2) is 14.1. The summed E-state index contributed by atoms with van der Waals surface area (Å²) in [7, 11) is 0. The second-order valence-corrected chi connectivity index (χ2v) is 4.02. The number of rotatable bonds is 7. The molecule has 0 saturated carbocycles. The van der Waals surface area contributed by atoms with E-state index in [4.69, 9.17) is 4.74 Å². The Morgan fingerprint density at radius 2 is 1.31 bits per heavy atom. The molecule has 3 nitrogen and oxygen atoms in total. The average molecular weight is 230 g/mol. The van der Waals surface area contributed by atoms with Crippen LogP contribution in [0, 0.1) is 0 Å². The molecule has 0 rings (SSSR count). The van der Waals surface area contributed by atoms with Crippen LogP contribution < -0.4 is 0 Å². The maximum atomic E-state index is 10.4. The standard InChI is InChI=1S/C10H20O2.C3H6O/c1-3-4-5-6-7-8-9-12-10(2)11;1-3(2)4/h3-9H2,1-2H3;1-2H3. The fraction of sp³-hybridized carbons (Fsp3) is 0.846. The molecular formula is C13H26O3. The van der Waals surface area contributed by atoms with E-state index in [9.17, 15) is 9.59 Å². The van der Waals surface area contributed by atoms with E-state index in [1.54, 1.807) is 0 Å². The summed E-state index contributed by atoms with van der Waals surface area (Å²) in [5, 5.41) is 0. The number of esters is 1. The van der Waals surface area contributed by atoms with E-state index >= 15 is 0 Å². The van der Waals surface area contributed by atoms with Gasteiger partial charge in [-0.2, -0.15) is 0 Å². The number of hydrogen-bond donors (Lipinski definition) is 0. The van der Waals surface area contributed by atoms with E-state index in [1.807, 2.05) is 0 Å². The second-order valence-electron chi connectivity index (χ2n) is 4.02. The molecule has 96 valence electrons. The lowest BCUT2D eigenvalue weighted by atomic mass is 10.1. The molecule has 0 aromatic heterocycles. The van der Waals surface area contributed by atoms with Crippen LogP contribution in [0.4, 0.5) is 0 Å². The molecule has 0 unspecified atom stereocenters. The number of hydrogen-bond acceptors (Lipinski definition) is 3. The predicted octanol–water partition coefficient (Wildman–Crippen LogP) is 3.51. The minimum Gasteiger partial charge on any atom is -0.466 e. The van der Waals surface area contributed by atoms with Crippen LogP contribution in [0.1, 0.15) is 66.2 Å². The molecule has 0 saturated heterocycles. The third-order valence-corrected chi connectivity index (χ3v) is 1.80. The molecule has 0 amide bonds. The van der Waals surface area contributed by atoms with E-state index in [0.717, 1.165) is 6.42 Å². The maximum absolute atomic E-state index is 10.4. The minimum absolute atomic E-state index is 0.163. The molecule has 0 heterocycles. The fourth-order valence-electron chi connectivity index (χ4n) is 1.10. The number of Topliss-reactive ketones (excluding diaryl/α,β-unsaturated/α-hetero) is 1. The van der Waals surface area contributed by atoms with Gasteiger partial charge in [-0.1, -0.05) is 39.0 Å². The molecular weight excluding hydrogens is 204 g/mol. The Balaban J connectivity index is 0. The molecule has 3 heteroatoms. The maximum Gasteiger partial charge on any atom is 0.302 e. The van der Waals surface area contributed by atoms with Crippen LogP contribution in [0.3, 0.4) is 0 Å². The van der Waals surface area contributed by atoms with Gasteiger partial charge in [-0.05, 0) is 20.3 Å². The van der Waals surface area contributed by atoms with E-state index in [2.05, 4.69) is 6.92 Å². The lowest BCUT2D eigenvalue weighted by Gasteiger charge is -2.01. The Kier molecular flexibility index (Phi) is 15.5. The highest BCUT2D eigenvalue weighted by Crippen LogP contribution is 2.04. The molecule has 0 atom stereocenters. The van der Waals surface area contributed by atoms with Gasteiger partial charge in [0.1, 0.15) is 5.78 Å². The zero-order valence-electron chi connectivity index (χ0n) is 11.2. The topological polar surface area (TPSA) is 43.4 Å². The summed E-state index contributed by atoms with van der Waals surface area (Å²) in [6.45, 7) is 7.32. The molecule has 0 aromatic rings. The Hall–Kier alpha value is -0.860. The molecule has 0 bridgehead atoms. The first kappa shape index (κ1) is 17.5. The smallest absolute Gasteiger partial charge is 0.302 e. The molecule has 0 aliphatic heterocycles. The van der Waals surface area contributed by atoms with Gasteiger partial charge in [0.25, 0.3) is 0 Å². The van der Waals surface area contributed by atoms with Gasteiger partial charge in [0, 0.05) is 6.92 Å². The van der Waals surface area contributed by atoms with Crippen LogP contribution in [-0.2, 0) is 14.3 Å². The Morgan fingerprint density at radius 3 is 1.75 bits per heavy atom. The van der Waals surface area contributed by atoms with Crippen molar-refractivity contribution in [3.05, 3.63) is 0 Å². The summed E-state index contributed by atoms with van der Waals surface area (Å²) in [4.78, 5) is 19.8. The largest absolute Gasteiger partial charge is 0.466 e. The summed E-state index contributed by atoms with van der Waals surface area (Å²) in [5.41, 5.74) is 0. The van der Waals surface area contributed by atoms with Crippen LogP contribution in [0.25, 0.3) is 0 Å². The summed E-state index contributed by atoms with van der Waals surface area (Å²) in [6, 6.07) is 0. The molecule has 0 spiro atoms. The normalized spacial score (nSPS) is 9.00. The van der Waals surface area contributed by atoms with Crippen molar-refractivity contribution in [1.29, 1.82) is 0 Å². The molecule has 16 heavy (non-hydrogen) atoms. The van der Waals surface area contributed by atoms with E-state index in [0.29, 0.717) is 6.61 Å². The van der Waals surface area contributed by atoms with Crippen molar-refractivity contribution in [2.24, 2.45) is 0 Å². The van der Waals surface area contributed by atoms with Crippen molar-refractivity contribution in [2.75, 3.05) is 6.61 Å². The van der Waals surface area contributed by atoms with Crippen LogP contribution in [0.5, 0.6) is 0 Å². The van der Waals surface area contributed by atoms with E-state index in [-0.39, 0.29) is 11.8 Å². The zero-order valence-corrected chi connectivity index (χ0v) is 11.2. The highest BCUT2D eigenvalue weighted by Gasteiger charge is 1.92. The monoisotopic (exact) mass is 230 g/mol. The number of carbonyl (C=O) groups is 2. The van der Waals surface area contributed by atoms with Gasteiger partial charge in [-0.3, -0.25) is 4.79 Å². The van der Waals surface area contributed by atoms with Crippen molar-refractivity contribution in [1.82, 2.24) is 0 Å². The first-order valence-corrected chi connectivity index (χ1v) is 6.11. The lowest BCUT2D eigenvalue weighted by Crippen LogP contribution is -1.99. The zero-order chi connectivity index (χ0) is 12.8. The van der Waals surface area contributed by atoms with E-state index < -0.39 is 0 Å². The molecule has 0 radical (unpaired) electrons. The molecule has 0 N–H and O–H groups in total. The first-order valence-electron chi connectivity index (χ1n) is 6.11. The average Bonchev–Trinajstić information content (AvgIpc) is 2.15. The quantitative estimate of drug-likeness (QED) is 0.496. The molecule has 0 aliphatic rings. The number of ether oxygens (including phenoxy) is 1. The van der Waals surface area contributed by atoms with Crippen LogP contribution in [0.2, 0.25) is 0 Å². The van der Waals surface area contributed by atoms with Gasteiger partial charge in [-0.25, -0.2) is 0 Å². The van der Waals surface area contributed by atoms with Crippen molar-refractivity contribution in [3.63, 3.8) is 0 Å². The Morgan fingerprint density at radius 1 is 0.875 bits per heavy atom. The van der Waals surface area contributed by atoms with Crippen LogP contribution >= 0.6 is 0 Å². The van der Waals surface area contributed by atoms with Gasteiger partial charge < -0.3 is 9.53 Å². The summed E-state index contributed by atoms with van der Waals surface area (Å²) >= 11 is 0. The molecule has 0 fully saturated rings. The Labute approximate surface area is 99.6 Å². The third-order valence-electron chi connectivity index (χ3n) is 1.80. The van der Waals surface area contributed by atoms with Gasteiger partial charge in [-0.15, -0.1) is 0 Å². The van der Waals surface area contributed by atoms with Crippen molar-refractivity contribution in [2.45, 2.75) is 66.2 Å². The Bertz CT molecular complexity index is 172. The van der Waals surface area contributed by atoms with Crippen LogP contribution in [-0.4, -0.2) is 18.4 Å². The first-order chi connectivity index (χ1) is 7.50. The molecule has 0 aliphatic carbocycles. The lowest BCUT2D eigenvalue weighted by molar-refractivity contribution is -0.141. The van der Waals surface area contributed by atoms with Crippen molar-refractivity contribution >= 4 is 11.8 Å². The van der Waals surface area contributed by atoms with Crippen molar-refractivity contribution < 1.29 is 14.3 Å². The predicted molar refractivity (Wildman–Crippen MR) is 66.4 cm³/mol. The van der Waals surface area contributed by atoms with Gasteiger partial charge in [0.15, 0.2) is 0 Å². The van der Waals surface area contributed by atoms with Crippen LogP contribution in [0.15, 0.2) is 0 Å². The minimum atomic E-state index is -0.163. The fourth-order valence-corrected chi connectivity index (χ4v) is 1.10. The number of carbonyl (C=O) groups excluding carboxylic acids is 2. The highest BCUT2D eigenvalue weighted by atomic mass is 16.5. The van der Waals surface area contributed by atoms with E-state index in [1.165, 1.54) is 52.9 Å². The highest BCUT2D eigenvalue weighted by molar-refractivity contribution is 5.72. The van der Waals surface area contributed by atoms with Gasteiger partial charge >= 0.3 is 5.97 Å². The third kappa shape index (κ3) is 29.2. The summed E-state index contributed by atoms with van der Waals surface area (Å²) in [6.07, 6.45) is 7.40. The van der Waals surface area contributed by atoms with Crippen molar-refractivity contribution in [3.8, 4) is 0 Å². The SMILES string of the molecule is CC(C)=O.CCCCCCCCOC(C)=O.